The molecule has 1 amide bonds. The number of carbonyl (C=O) groups excluding carboxylic acids is 1. The summed E-state index contributed by atoms with van der Waals surface area (Å²) in [7, 11) is 0. The highest BCUT2D eigenvalue weighted by Crippen LogP contribution is 2.36. The fourth-order valence-corrected chi connectivity index (χ4v) is 4.29. The average molecular weight is 407 g/mol. The van der Waals surface area contributed by atoms with E-state index in [0.29, 0.717) is 16.4 Å². The number of amides is 1. The number of nitrogens with zero attached hydrogens (tertiary/aromatic N) is 3. The lowest BCUT2D eigenvalue weighted by Gasteiger charge is -2.21. The lowest BCUT2D eigenvalue weighted by atomic mass is 10.1. The quantitative estimate of drug-likeness (QED) is 0.632. The Morgan fingerprint density at radius 2 is 1.96 bits per heavy atom. The van der Waals surface area contributed by atoms with Gasteiger partial charge < -0.3 is 10.2 Å². The van der Waals surface area contributed by atoms with E-state index < -0.39 is 5.82 Å². The van der Waals surface area contributed by atoms with E-state index in [4.69, 9.17) is 11.6 Å². The number of nitrogens with one attached hydrogen (secondary N) is 1. The van der Waals surface area contributed by atoms with Crippen molar-refractivity contribution in [3.63, 3.8) is 0 Å². The lowest BCUT2D eigenvalue weighted by molar-refractivity contribution is 0.103. The summed E-state index contributed by atoms with van der Waals surface area (Å²) < 4.78 is 13.2. The van der Waals surface area contributed by atoms with Gasteiger partial charge >= 0.3 is 0 Å². The number of benzene rings is 1. The molecule has 0 bridgehead atoms. The van der Waals surface area contributed by atoms with Crippen LogP contribution in [0.2, 0.25) is 5.02 Å². The van der Waals surface area contributed by atoms with Crippen molar-refractivity contribution in [3.05, 3.63) is 45.3 Å². The van der Waals surface area contributed by atoms with Crippen molar-refractivity contribution in [2.75, 3.05) is 23.3 Å². The summed E-state index contributed by atoms with van der Waals surface area (Å²) in [6.07, 6.45) is 0. The first-order valence-corrected chi connectivity index (χ1v) is 9.84. The Hall–Kier alpha value is -2.25. The minimum atomic E-state index is -0.453. The minimum absolute atomic E-state index is 0.154. The van der Waals surface area contributed by atoms with Crippen LogP contribution >= 0.6 is 22.9 Å². The van der Waals surface area contributed by atoms with Crippen LogP contribution in [-0.4, -0.2) is 29.0 Å². The second kappa shape index (κ2) is 7.78. The molecule has 2 heterocycles. The average Bonchev–Trinajstić information content (AvgIpc) is 2.95. The first-order valence-electron chi connectivity index (χ1n) is 8.64. The summed E-state index contributed by atoms with van der Waals surface area (Å²) in [4.78, 5) is 25.4. The third-order valence-corrected chi connectivity index (χ3v) is 5.83. The molecule has 27 heavy (non-hydrogen) atoms. The number of rotatable bonds is 5. The third kappa shape index (κ3) is 3.75. The van der Waals surface area contributed by atoms with Crippen LogP contribution in [0.1, 0.15) is 34.9 Å². The van der Waals surface area contributed by atoms with Gasteiger partial charge in [-0.1, -0.05) is 11.6 Å². The number of anilines is 2. The molecule has 0 radical (unpaired) electrons. The van der Waals surface area contributed by atoms with Crippen LogP contribution in [0.5, 0.6) is 0 Å². The number of hydrogen-bond acceptors (Lipinski definition) is 5. The van der Waals surface area contributed by atoms with Gasteiger partial charge in [0.1, 0.15) is 22.3 Å². The Bertz CT molecular complexity index is 1020. The number of fused-ring (bicyclic) bond motifs is 1. The molecular weight excluding hydrogens is 387 g/mol. The van der Waals surface area contributed by atoms with Crippen LogP contribution in [0.3, 0.4) is 0 Å². The van der Waals surface area contributed by atoms with Crippen LogP contribution < -0.4 is 10.2 Å². The normalized spacial score (nSPS) is 11.0. The Kier molecular flexibility index (Phi) is 5.62. The molecule has 0 saturated heterocycles. The molecule has 3 rings (SSSR count). The number of aromatic nitrogens is 2. The molecule has 8 heteroatoms. The van der Waals surface area contributed by atoms with Gasteiger partial charge in [-0.05, 0) is 51.5 Å². The molecule has 3 aromatic rings. The number of halogens is 2. The van der Waals surface area contributed by atoms with Crippen molar-refractivity contribution in [1.82, 2.24) is 9.97 Å². The fourth-order valence-electron chi connectivity index (χ4n) is 2.96. The zero-order valence-electron chi connectivity index (χ0n) is 15.6. The second-order valence-corrected chi connectivity index (χ2v) is 7.49. The topological polar surface area (TPSA) is 58.1 Å². The van der Waals surface area contributed by atoms with Gasteiger partial charge in [0, 0.05) is 13.1 Å². The second-order valence-electron chi connectivity index (χ2n) is 6.08. The largest absolute Gasteiger partial charge is 0.357 e. The lowest BCUT2D eigenvalue weighted by Crippen LogP contribution is -2.23. The van der Waals surface area contributed by atoms with E-state index in [0.717, 1.165) is 34.7 Å². The number of carbonyl (C=O) groups is 1. The summed E-state index contributed by atoms with van der Waals surface area (Å²) >= 11 is 7.34. The van der Waals surface area contributed by atoms with Gasteiger partial charge in [-0.25, -0.2) is 14.4 Å². The van der Waals surface area contributed by atoms with Crippen LogP contribution in [0.4, 0.5) is 15.9 Å². The van der Waals surface area contributed by atoms with Crippen molar-refractivity contribution < 1.29 is 9.18 Å². The van der Waals surface area contributed by atoms with Crippen LogP contribution in [0.25, 0.3) is 10.2 Å². The molecule has 0 fully saturated rings. The molecular formula is C19H20ClFN4OS. The zero-order chi connectivity index (χ0) is 19.7. The smallest absolute Gasteiger partial charge is 0.266 e. The van der Waals surface area contributed by atoms with Gasteiger partial charge in [-0.2, -0.15) is 0 Å². The standard InChI is InChI=1S/C19H20ClFN4OS/c1-5-25(6-2)17-15-10(3)16(27-19(15)23-11(4)22-17)18(26)24-14-8-7-12(21)9-13(14)20/h7-9H,5-6H2,1-4H3,(H,24,26). The van der Waals surface area contributed by atoms with Gasteiger partial charge in [0.05, 0.1) is 21.0 Å². The first-order chi connectivity index (χ1) is 12.8. The zero-order valence-corrected chi connectivity index (χ0v) is 17.1. The molecule has 1 N–H and O–H groups in total. The Morgan fingerprint density at radius 3 is 2.59 bits per heavy atom. The van der Waals surface area contributed by atoms with Crippen LogP contribution in [0, 0.1) is 19.7 Å². The van der Waals surface area contributed by atoms with Crippen LogP contribution in [0.15, 0.2) is 18.2 Å². The summed E-state index contributed by atoms with van der Waals surface area (Å²) in [6.45, 7) is 9.50. The maximum absolute atomic E-state index is 13.2. The van der Waals surface area contributed by atoms with E-state index in [1.165, 1.54) is 29.5 Å². The van der Waals surface area contributed by atoms with Gasteiger partial charge in [0.2, 0.25) is 0 Å². The maximum Gasteiger partial charge on any atom is 0.266 e. The highest BCUT2D eigenvalue weighted by molar-refractivity contribution is 7.20. The Morgan fingerprint density at radius 1 is 1.26 bits per heavy atom. The molecule has 0 unspecified atom stereocenters. The highest BCUT2D eigenvalue weighted by Gasteiger charge is 2.22. The molecule has 0 spiro atoms. The van der Waals surface area contributed by atoms with E-state index in [1.54, 1.807) is 0 Å². The van der Waals surface area contributed by atoms with Crippen molar-refractivity contribution in [1.29, 1.82) is 0 Å². The van der Waals surface area contributed by atoms with Gasteiger partial charge in [0.25, 0.3) is 5.91 Å². The summed E-state index contributed by atoms with van der Waals surface area (Å²) in [6, 6.07) is 3.87. The van der Waals surface area contributed by atoms with Crippen molar-refractivity contribution in [2.24, 2.45) is 0 Å². The molecule has 1 aromatic carbocycles. The van der Waals surface area contributed by atoms with Crippen molar-refractivity contribution >= 4 is 50.6 Å². The molecule has 0 atom stereocenters. The fraction of sp³-hybridized carbons (Fsp3) is 0.316. The molecule has 142 valence electrons. The van der Waals surface area contributed by atoms with Crippen LogP contribution in [-0.2, 0) is 0 Å². The van der Waals surface area contributed by atoms with Crippen molar-refractivity contribution in [3.8, 4) is 0 Å². The molecule has 5 nitrogen and oxygen atoms in total. The highest BCUT2D eigenvalue weighted by atomic mass is 35.5. The van der Waals surface area contributed by atoms with Crippen molar-refractivity contribution in [2.45, 2.75) is 27.7 Å². The summed E-state index contributed by atoms with van der Waals surface area (Å²) in [5.41, 5.74) is 1.19. The molecule has 0 aliphatic rings. The SMILES string of the molecule is CCN(CC)c1nc(C)nc2sc(C(=O)Nc3ccc(F)cc3Cl)c(C)c12. The third-order valence-electron chi connectivity index (χ3n) is 4.33. The number of hydrogen-bond donors (Lipinski definition) is 1. The van der Waals surface area contributed by atoms with E-state index >= 15 is 0 Å². The van der Waals surface area contributed by atoms with Gasteiger partial charge in [-0.15, -0.1) is 11.3 Å². The summed E-state index contributed by atoms with van der Waals surface area (Å²) in [5.74, 6) is 0.757. The molecule has 0 aliphatic carbocycles. The number of aryl methyl sites for hydroxylation is 2. The van der Waals surface area contributed by atoms with Gasteiger partial charge in [-0.3, -0.25) is 4.79 Å². The van der Waals surface area contributed by atoms with E-state index in [-0.39, 0.29) is 10.9 Å². The van der Waals surface area contributed by atoms with E-state index in [2.05, 4.69) is 34.0 Å². The van der Waals surface area contributed by atoms with E-state index in [1.807, 2.05) is 13.8 Å². The predicted molar refractivity (Wildman–Crippen MR) is 110 cm³/mol. The molecule has 2 aromatic heterocycles. The van der Waals surface area contributed by atoms with E-state index in [9.17, 15) is 9.18 Å². The first kappa shape index (κ1) is 19.5. The predicted octanol–water partition coefficient (Wildman–Crippen LogP) is 5.20. The summed E-state index contributed by atoms with van der Waals surface area (Å²) in [5, 5.41) is 3.81. The Balaban J connectivity index is 2.06. The van der Waals surface area contributed by atoms with Gasteiger partial charge in [0.15, 0.2) is 0 Å². The number of thiophene rings is 1. The maximum atomic E-state index is 13.2. The molecule has 0 aliphatic heterocycles. The Labute approximate surface area is 166 Å². The minimum Gasteiger partial charge on any atom is -0.357 e. The monoisotopic (exact) mass is 406 g/mol. The molecule has 0 saturated carbocycles.